The molecule has 5 heterocycles. The molecule has 2 unspecified atom stereocenters. The van der Waals surface area contributed by atoms with Crippen LogP contribution in [0.2, 0.25) is 0 Å². The molecule has 0 radical (unpaired) electrons. The lowest BCUT2D eigenvalue weighted by Gasteiger charge is -2.33. The van der Waals surface area contributed by atoms with Gasteiger partial charge in [0.2, 0.25) is 5.95 Å². The molecule has 6 rings (SSSR count). The number of rotatable bonds is 5. The monoisotopic (exact) mass is 502 g/mol. The lowest BCUT2D eigenvalue weighted by atomic mass is 10.1. The first-order chi connectivity index (χ1) is 17.9. The number of aryl methyl sites for hydroxylation is 1. The molecule has 3 aliphatic rings. The van der Waals surface area contributed by atoms with Gasteiger partial charge in [0.05, 0.1) is 5.56 Å². The fourth-order valence-electron chi connectivity index (χ4n) is 6.09. The number of hydrogen-bond donors (Lipinski definition) is 2. The maximum Gasteiger partial charge on any atom is 0.270 e. The third kappa shape index (κ3) is 4.43. The number of carbonyl (C=O) groups excluding carboxylic acids is 2. The SMILES string of the molecule is Cc1cc(Nc2ncc3cc(C(=O)N(C)C)n(C4CCCC4)c3n2)ncc1C(=O)N1CC2CCC(C1)N2. The van der Waals surface area contributed by atoms with Gasteiger partial charge in [0, 0.05) is 63.1 Å². The molecule has 194 valence electrons. The topological polar surface area (TPSA) is 108 Å². The molecule has 10 heteroatoms. The molecule has 2 saturated heterocycles. The van der Waals surface area contributed by atoms with E-state index in [2.05, 4.69) is 25.2 Å². The van der Waals surface area contributed by atoms with Crippen molar-refractivity contribution >= 4 is 34.6 Å². The minimum atomic E-state index is -0.0329. The van der Waals surface area contributed by atoms with Crippen LogP contribution in [-0.4, -0.2) is 80.4 Å². The van der Waals surface area contributed by atoms with Crippen molar-refractivity contribution < 1.29 is 9.59 Å². The molecule has 2 bridgehead atoms. The molecule has 3 aromatic heterocycles. The van der Waals surface area contributed by atoms with Crippen LogP contribution in [0.25, 0.3) is 11.0 Å². The van der Waals surface area contributed by atoms with E-state index in [-0.39, 0.29) is 17.9 Å². The summed E-state index contributed by atoms with van der Waals surface area (Å²) in [6.07, 6.45) is 10.1. The van der Waals surface area contributed by atoms with Gasteiger partial charge in [0.25, 0.3) is 11.8 Å². The number of fused-ring (bicyclic) bond motifs is 3. The van der Waals surface area contributed by atoms with Gasteiger partial charge in [-0.15, -0.1) is 0 Å². The van der Waals surface area contributed by atoms with Gasteiger partial charge < -0.3 is 25.0 Å². The van der Waals surface area contributed by atoms with E-state index in [0.717, 1.165) is 68.2 Å². The smallest absolute Gasteiger partial charge is 0.270 e. The molecule has 1 aliphatic carbocycles. The third-order valence-electron chi connectivity index (χ3n) is 7.98. The largest absolute Gasteiger partial charge is 0.343 e. The molecule has 0 aromatic carbocycles. The predicted molar refractivity (Wildman–Crippen MR) is 141 cm³/mol. The highest BCUT2D eigenvalue weighted by Crippen LogP contribution is 2.35. The Kier molecular flexibility index (Phi) is 6.06. The zero-order valence-electron chi connectivity index (χ0n) is 21.7. The number of carbonyl (C=O) groups is 2. The quantitative estimate of drug-likeness (QED) is 0.551. The average molecular weight is 503 g/mol. The van der Waals surface area contributed by atoms with Crippen LogP contribution in [0.4, 0.5) is 11.8 Å². The number of nitrogens with one attached hydrogen (secondary N) is 2. The lowest BCUT2D eigenvalue weighted by molar-refractivity contribution is 0.0696. The molecular formula is C27H34N8O2. The summed E-state index contributed by atoms with van der Waals surface area (Å²) in [4.78, 5) is 43.5. The summed E-state index contributed by atoms with van der Waals surface area (Å²) in [6, 6.07) is 4.82. The Hall–Kier alpha value is -3.53. The molecule has 2 aliphatic heterocycles. The van der Waals surface area contributed by atoms with Gasteiger partial charge in [-0.05, 0) is 50.3 Å². The summed E-state index contributed by atoms with van der Waals surface area (Å²) < 4.78 is 2.10. The van der Waals surface area contributed by atoms with E-state index in [1.165, 1.54) is 0 Å². The molecular weight excluding hydrogens is 468 g/mol. The summed E-state index contributed by atoms with van der Waals surface area (Å²) in [5.41, 5.74) is 2.90. The van der Waals surface area contributed by atoms with Crippen molar-refractivity contribution in [3.05, 3.63) is 41.3 Å². The normalized spacial score (nSPS) is 21.5. The molecule has 2 amide bonds. The van der Waals surface area contributed by atoms with Crippen molar-refractivity contribution in [1.82, 2.24) is 34.6 Å². The molecule has 2 atom stereocenters. The van der Waals surface area contributed by atoms with Crippen molar-refractivity contribution in [3.63, 3.8) is 0 Å². The Morgan fingerprint density at radius 2 is 1.76 bits per heavy atom. The molecule has 37 heavy (non-hydrogen) atoms. The Morgan fingerprint density at radius 3 is 2.43 bits per heavy atom. The maximum absolute atomic E-state index is 13.2. The second-order valence-corrected chi connectivity index (χ2v) is 10.9. The van der Waals surface area contributed by atoms with Crippen molar-refractivity contribution in [2.75, 3.05) is 32.5 Å². The first-order valence-corrected chi connectivity index (χ1v) is 13.3. The van der Waals surface area contributed by atoms with E-state index >= 15 is 0 Å². The fourth-order valence-corrected chi connectivity index (χ4v) is 6.09. The van der Waals surface area contributed by atoms with E-state index in [4.69, 9.17) is 4.98 Å². The number of likely N-dealkylation sites (tertiary alicyclic amines) is 1. The standard InChI is InChI=1S/C27H34N8O2/c1-16-10-23(28-13-21(16)25(36)34-14-18-8-9-19(15-34)30-18)31-27-29-12-17-11-22(26(37)33(2)3)35(24(17)32-27)20-6-4-5-7-20/h10-13,18-20,30H,4-9,14-15H2,1-3H3,(H,28,29,31,32). The van der Waals surface area contributed by atoms with Crippen LogP contribution in [0.15, 0.2) is 24.5 Å². The van der Waals surface area contributed by atoms with E-state index in [0.29, 0.717) is 35.1 Å². The molecule has 2 N–H and O–H groups in total. The van der Waals surface area contributed by atoms with Gasteiger partial charge in [0.15, 0.2) is 0 Å². The summed E-state index contributed by atoms with van der Waals surface area (Å²) in [7, 11) is 3.54. The average Bonchev–Trinajstić information content (AvgIpc) is 3.61. The van der Waals surface area contributed by atoms with Gasteiger partial charge in [-0.2, -0.15) is 4.98 Å². The first-order valence-electron chi connectivity index (χ1n) is 13.3. The molecule has 3 aromatic rings. The molecule has 0 spiro atoms. The Bertz CT molecular complexity index is 1350. The highest BCUT2D eigenvalue weighted by molar-refractivity contribution is 5.98. The van der Waals surface area contributed by atoms with E-state index < -0.39 is 0 Å². The summed E-state index contributed by atoms with van der Waals surface area (Å²) >= 11 is 0. The number of hydrogen-bond acceptors (Lipinski definition) is 7. The van der Waals surface area contributed by atoms with Gasteiger partial charge in [-0.25, -0.2) is 9.97 Å². The predicted octanol–water partition coefficient (Wildman–Crippen LogP) is 3.27. The number of nitrogens with zero attached hydrogens (tertiary/aromatic N) is 6. The van der Waals surface area contributed by atoms with Crippen molar-refractivity contribution in [1.29, 1.82) is 0 Å². The molecule has 3 fully saturated rings. The van der Waals surface area contributed by atoms with Gasteiger partial charge >= 0.3 is 0 Å². The van der Waals surface area contributed by atoms with Crippen LogP contribution in [0, 0.1) is 6.92 Å². The number of piperazine rings is 1. The van der Waals surface area contributed by atoms with Crippen LogP contribution in [0.3, 0.4) is 0 Å². The highest BCUT2D eigenvalue weighted by Gasteiger charge is 2.35. The molecule has 1 saturated carbocycles. The van der Waals surface area contributed by atoms with E-state index in [1.807, 2.05) is 24.0 Å². The van der Waals surface area contributed by atoms with Crippen LogP contribution in [-0.2, 0) is 0 Å². The van der Waals surface area contributed by atoms with Crippen LogP contribution < -0.4 is 10.6 Å². The van der Waals surface area contributed by atoms with Crippen molar-refractivity contribution in [2.45, 2.75) is 63.6 Å². The number of anilines is 2. The second kappa shape index (κ2) is 9.41. The Balaban J connectivity index is 1.26. The Labute approximate surface area is 216 Å². The zero-order valence-corrected chi connectivity index (χ0v) is 21.7. The van der Waals surface area contributed by atoms with Crippen molar-refractivity contribution in [2.24, 2.45) is 0 Å². The van der Waals surface area contributed by atoms with Crippen LogP contribution >= 0.6 is 0 Å². The first kappa shape index (κ1) is 23.8. The van der Waals surface area contributed by atoms with Crippen molar-refractivity contribution in [3.8, 4) is 0 Å². The zero-order chi connectivity index (χ0) is 25.7. The Morgan fingerprint density at radius 1 is 1.03 bits per heavy atom. The lowest BCUT2D eigenvalue weighted by Crippen LogP contribution is -2.53. The maximum atomic E-state index is 13.2. The minimum absolute atomic E-state index is 0.0329. The third-order valence-corrected chi connectivity index (χ3v) is 7.98. The fraction of sp³-hybridized carbons (Fsp3) is 0.519. The van der Waals surface area contributed by atoms with Crippen LogP contribution in [0.1, 0.15) is 71.0 Å². The van der Waals surface area contributed by atoms with Gasteiger partial charge in [0.1, 0.15) is 17.2 Å². The van der Waals surface area contributed by atoms with Crippen LogP contribution in [0.5, 0.6) is 0 Å². The highest BCUT2D eigenvalue weighted by atomic mass is 16.2. The number of aromatic nitrogens is 4. The van der Waals surface area contributed by atoms with E-state index in [1.54, 1.807) is 31.4 Å². The van der Waals surface area contributed by atoms with Gasteiger partial charge in [-0.3, -0.25) is 9.59 Å². The van der Waals surface area contributed by atoms with Gasteiger partial charge in [-0.1, -0.05) is 12.8 Å². The number of pyridine rings is 1. The summed E-state index contributed by atoms with van der Waals surface area (Å²) in [5.74, 6) is 1.00. The second-order valence-electron chi connectivity index (χ2n) is 10.9. The number of amides is 2. The summed E-state index contributed by atoms with van der Waals surface area (Å²) in [5, 5.41) is 7.62. The summed E-state index contributed by atoms with van der Waals surface area (Å²) in [6.45, 7) is 3.44. The molecule has 10 nitrogen and oxygen atoms in total. The minimum Gasteiger partial charge on any atom is -0.343 e. The van der Waals surface area contributed by atoms with E-state index in [9.17, 15) is 9.59 Å².